The Morgan fingerprint density at radius 1 is 1.07 bits per heavy atom. The van der Waals surface area contributed by atoms with Crippen LogP contribution in [0, 0.1) is 6.92 Å². The fraction of sp³-hybridized carbons (Fsp3) is 0.409. The van der Waals surface area contributed by atoms with Gasteiger partial charge in [-0.05, 0) is 54.7 Å². The molecule has 2 aromatic carbocycles. The third-order valence-electron chi connectivity index (χ3n) is 4.63. The Morgan fingerprint density at radius 3 is 2.56 bits per heavy atom. The topological polar surface area (TPSA) is 56.8 Å². The van der Waals surface area contributed by atoms with E-state index in [1.165, 1.54) is 5.56 Å². The van der Waals surface area contributed by atoms with Gasteiger partial charge in [0.25, 0.3) is 5.91 Å². The second kappa shape index (κ2) is 8.33. The maximum atomic E-state index is 12.4. The van der Waals surface area contributed by atoms with Gasteiger partial charge >= 0.3 is 0 Å². The number of aryl methyl sites for hydroxylation is 1. The van der Waals surface area contributed by atoms with Gasteiger partial charge in [0, 0.05) is 6.54 Å². The van der Waals surface area contributed by atoms with E-state index in [1.807, 2.05) is 37.3 Å². The number of amides is 1. The Balaban J connectivity index is 1.59. The van der Waals surface area contributed by atoms with Crippen molar-refractivity contribution in [2.45, 2.75) is 46.3 Å². The zero-order valence-corrected chi connectivity index (χ0v) is 16.4. The summed E-state index contributed by atoms with van der Waals surface area (Å²) in [5.41, 5.74) is 3.17. The fourth-order valence-electron chi connectivity index (χ4n) is 2.88. The lowest BCUT2D eigenvalue weighted by Crippen LogP contribution is -2.36. The van der Waals surface area contributed by atoms with Crippen molar-refractivity contribution in [1.82, 2.24) is 5.32 Å². The van der Waals surface area contributed by atoms with E-state index < -0.39 is 6.10 Å². The number of hydrogen-bond acceptors (Lipinski definition) is 4. The molecule has 1 N–H and O–H groups in total. The summed E-state index contributed by atoms with van der Waals surface area (Å²) >= 11 is 0. The van der Waals surface area contributed by atoms with Crippen molar-refractivity contribution >= 4 is 5.91 Å². The van der Waals surface area contributed by atoms with Gasteiger partial charge in [-0.1, -0.05) is 32.0 Å². The molecule has 1 amide bonds. The van der Waals surface area contributed by atoms with Crippen molar-refractivity contribution in [3.63, 3.8) is 0 Å². The molecule has 1 unspecified atom stereocenters. The summed E-state index contributed by atoms with van der Waals surface area (Å²) < 4.78 is 17.0. The van der Waals surface area contributed by atoms with Crippen molar-refractivity contribution in [3.05, 3.63) is 53.1 Å². The standard InChI is InChI=1S/C22H27NO4/c1-14(2)18-7-5-15(3)20(12-18)27-16(4)22(24)23-13-17-6-8-19-21(11-17)26-10-9-25-19/h5-8,11-12,14,16H,9-10,13H2,1-4H3,(H,23,24). The molecule has 144 valence electrons. The number of carbonyl (C=O) groups excluding carboxylic acids is 1. The molecule has 5 heteroatoms. The van der Waals surface area contributed by atoms with Gasteiger partial charge in [-0.15, -0.1) is 0 Å². The Morgan fingerprint density at radius 2 is 1.81 bits per heavy atom. The van der Waals surface area contributed by atoms with E-state index in [9.17, 15) is 4.79 Å². The number of rotatable bonds is 6. The van der Waals surface area contributed by atoms with Crippen LogP contribution in [0.5, 0.6) is 17.2 Å². The van der Waals surface area contributed by atoms with Gasteiger partial charge in [0.15, 0.2) is 17.6 Å². The van der Waals surface area contributed by atoms with Gasteiger partial charge in [-0.2, -0.15) is 0 Å². The van der Waals surface area contributed by atoms with Crippen molar-refractivity contribution in [1.29, 1.82) is 0 Å². The Labute approximate surface area is 160 Å². The van der Waals surface area contributed by atoms with E-state index in [4.69, 9.17) is 14.2 Å². The molecule has 1 aliphatic heterocycles. The summed E-state index contributed by atoms with van der Waals surface area (Å²) in [6.07, 6.45) is -0.580. The van der Waals surface area contributed by atoms with Crippen LogP contribution in [-0.4, -0.2) is 25.2 Å². The molecular weight excluding hydrogens is 342 g/mol. The van der Waals surface area contributed by atoms with Crippen LogP contribution in [0.15, 0.2) is 36.4 Å². The number of carbonyl (C=O) groups is 1. The number of fused-ring (bicyclic) bond motifs is 1. The van der Waals surface area contributed by atoms with E-state index in [0.29, 0.717) is 25.7 Å². The molecule has 1 heterocycles. The van der Waals surface area contributed by atoms with Crippen molar-refractivity contribution in [3.8, 4) is 17.2 Å². The van der Waals surface area contributed by atoms with E-state index in [1.54, 1.807) is 6.92 Å². The first-order valence-corrected chi connectivity index (χ1v) is 9.37. The predicted molar refractivity (Wildman–Crippen MR) is 105 cm³/mol. The highest BCUT2D eigenvalue weighted by Crippen LogP contribution is 2.30. The number of hydrogen-bond donors (Lipinski definition) is 1. The van der Waals surface area contributed by atoms with E-state index >= 15 is 0 Å². The monoisotopic (exact) mass is 369 g/mol. The van der Waals surface area contributed by atoms with Crippen LogP contribution in [0.2, 0.25) is 0 Å². The molecule has 0 saturated heterocycles. The lowest BCUT2D eigenvalue weighted by molar-refractivity contribution is -0.127. The molecule has 0 fully saturated rings. The minimum atomic E-state index is -0.580. The van der Waals surface area contributed by atoms with Crippen LogP contribution < -0.4 is 19.5 Å². The first kappa shape index (κ1) is 19.1. The van der Waals surface area contributed by atoms with Crippen LogP contribution in [-0.2, 0) is 11.3 Å². The minimum Gasteiger partial charge on any atom is -0.486 e. The third-order valence-corrected chi connectivity index (χ3v) is 4.63. The number of ether oxygens (including phenoxy) is 3. The quantitative estimate of drug-likeness (QED) is 0.837. The maximum absolute atomic E-state index is 12.4. The Bertz CT molecular complexity index is 816. The zero-order chi connectivity index (χ0) is 19.4. The summed E-state index contributed by atoms with van der Waals surface area (Å²) in [4.78, 5) is 12.4. The van der Waals surface area contributed by atoms with E-state index in [2.05, 4.69) is 25.2 Å². The molecule has 0 bridgehead atoms. The third kappa shape index (κ3) is 4.73. The highest BCUT2D eigenvalue weighted by molar-refractivity contribution is 5.80. The lowest BCUT2D eigenvalue weighted by atomic mass is 10.0. The first-order valence-electron chi connectivity index (χ1n) is 9.37. The number of nitrogens with one attached hydrogen (secondary N) is 1. The Kier molecular flexibility index (Phi) is 5.89. The first-order chi connectivity index (χ1) is 12.9. The molecule has 0 saturated carbocycles. The molecule has 27 heavy (non-hydrogen) atoms. The van der Waals surface area contributed by atoms with Crippen molar-refractivity contribution in [2.24, 2.45) is 0 Å². The van der Waals surface area contributed by atoms with Gasteiger partial charge in [0.05, 0.1) is 0 Å². The molecule has 5 nitrogen and oxygen atoms in total. The molecule has 2 aromatic rings. The van der Waals surface area contributed by atoms with Gasteiger partial charge in [0.1, 0.15) is 19.0 Å². The van der Waals surface area contributed by atoms with E-state index in [0.717, 1.165) is 28.4 Å². The predicted octanol–water partition coefficient (Wildman–Crippen LogP) is 3.97. The molecule has 1 aliphatic rings. The van der Waals surface area contributed by atoms with Gasteiger partial charge in [0.2, 0.25) is 0 Å². The van der Waals surface area contributed by atoms with Crippen LogP contribution >= 0.6 is 0 Å². The van der Waals surface area contributed by atoms with E-state index in [-0.39, 0.29) is 5.91 Å². The average molecular weight is 369 g/mol. The highest BCUT2D eigenvalue weighted by Gasteiger charge is 2.17. The fourth-order valence-corrected chi connectivity index (χ4v) is 2.88. The smallest absolute Gasteiger partial charge is 0.261 e. The molecule has 0 spiro atoms. The zero-order valence-electron chi connectivity index (χ0n) is 16.4. The summed E-state index contributed by atoms with van der Waals surface area (Å²) in [5.74, 6) is 2.47. The SMILES string of the molecule is Cc1ccc(C(C)C)cc1OC(C)C(=O)NCc1ccc2c(c1)OCCO2. The highest BCUT2D eigenvalue weighted by atomic mass is 16.6. The molecular formula is C22H27NO4. The van der Waals surface area contributed by atoms with Crippen LogP contribution in [0.1, 0.15) is 43.4 Å². The summed E-state index contributed by atoms with van der Waals surface area (Å²) in [5, 5.41) is 2.92. The largest absolute Gasteiger partial charge is 0.486 e. The van der Waals surface area contributed by atoms with Gasteiger partial charge in [-0.3, -0.25) is 4.79 Å². The lowest BCUT2D eigenvalue weighted by Gasteiger charge is -2.20. The van der Waals surface area contributed by atoms with Gasteiger partial charge < -0.3 is 19.5 Å². The summed E-state index contributed by atoms with van der Waals surface area (Å²) in [6.45, 7) is 9.54. The molecule has 0 aromatic heterocycles. The van der Waals surface area contributed by atoms with Crippen LogP contribution in [0.3, 0.4) is 0 Å². The summed E-state index contributed by atoms with van der Waals surface area (Å²) in [7, 11) is 0. The molecule has 1 atom stereocenters. The van der Waals surface area contributed by atoms with Crippen LogP contribution in [0.4, 0.5) is 0 Å². The molecule has 0 radical (unpaired) electrons. The van der Waals surface area contributed by atoms with Crippen LogP contribution in [0.25, 0.3) is 0 Å². The molecule has 0 aliphatic carbocycles. The normalized spacial score (nSPS) is 14.0. The second-order valence-electron chi connectivity index (χ2n) is 7.14. The molecule has 3 rings (SSSR count). The second-order valence-corrected chi connectivity index (χ2v) is 7.14. The van der Waals surface area contributed by atoms with Gasteiger partial charge in [-0.25, -0.2) is 0 Å². The maximum Gasteiger partial charge on any atom is 0.261 e. The van der Waals surface area contributed by atoms with Crippen molar-refractivity contribution < 1.29 is 19.0 Å². The van der Waals surface area contributed by atoms with Crippen molar-refractivity contribution in [2.75, 3.05) is 13.2 Å². The minimum absolute atomic E-state index is 0.153. The Hall–Kier alpha value is -2.69. The summed E-state index contributed by atoms with van der Waals surface area (Å²) in [6, 6.07) is 11.8. The number of benzene rings is 2. The average Bonchev–Trinajstić information content (AvgIpc) is 2.67.